The molecule has 7 nitrogen and oxygen atoms in total. The van der Waals surface area contributed by atoms with Crippen molar-refractivity contribution >= 4 is 27.5 Å². The lowest BCUT2D eigenvalue weighted by molar-refractivity contribution is -0.140. The largest absolute Gasteiger partial charge is 0.352 e. The van der Waals surface area contributed by atoms with Crippen molar-refractivity contribution in [3.05, 3.63) is 131 Å². The van der Waals surface area contributed by atoms with E-state index in [1.807, 2.05) is 37.3 Å². The number of carbonyl (C=O) groups is 2. The van der Waals surface area contributed by atoms with Crippen LogP contribution in [0.2, 0.25) is 0 Å². The summed E-state index contributed by atoms with van der Waals surface area (Å²) < 4.78 is 58.1. The minimum absolute atomic E-state index is 0.0471. The average Bonchev–Trinajstić information content (AvgIpc) is 3.07. The van der Waals surface area contributed by atoms with Crippen LogP contribution in [0.4, 0.5) is 14.5 Å². The molecule has 0 radical (unpaired) electrons. The molecule has 1 saturated carbocycles. The Morgan fingerprint density at radius 2 is 1.45 bits per heavy atom. The van der Waals surface area contributed by atoms with Crippen molar-refractivity contribution in [3.63, 3.8) is 0 Å². The quantitative estimate of drug-likeness (QED) is 0.187. The molecule has 0 bridgehead atoms. The van der Waals surface area contributed by atoms with Crippen LogP contribution in [0.1, 0.15) is 48.8 Å². The van der Waals surface area contributed by atoms with Gasteiger partial charge in [0.1, 0.15) is 24.2 Å². The van der Waals surface area contributed by atoms with Crippen molar-refractivity contribution in [2.75, 3.05) is 10.8 Å². The molecule has 47 heavy (non-hydrogen) atoms. The van der Waals surface area contributed by atoms with Gasteiger partial charge in [-0.1, -0.05) is 91.6 Å². The Hall–Kier alpha value is -4.57. The van der Waals surface area contributed by atoms with Crippen molar-refractivity contribution in [1.82, 2.24) is 10.2 Å². The van der Waals surface area contributed by atoms with E-state index in [0.717, 1.165) is 53.6 Å². The fourth-order valence-corrected chi connectivity index (χ4v) is 7.31. The minimum Gasteiger partial charge on any atom is -0.352 e. The predicted octanol–water partition coefficient (Wildman–Crippen LogP) is 6.56. The number of para-hydroxylation sites is 1. The Morgan fingerprint density at radius 3 is 2.11 bits per heavy atom. The molecule has 5 rings (SSSR count). The second-order valence-electron chi connectivity index (χ2n) is 12.0. The van der Waals surface area contributed by atoms with Crippen LogP contribution in [0.5, 0.6) is 0 Å². The highest BCUT2D eigenvalue weighted by Crippen LogP contribution is 2.28. The van der Waals surface area contributed by atoms with Crippen LogP contribution in [0.3, 0.4) is 0 Å². The normalized spacial score (nSPS) is 14.3. The number of hydrogen-bond donors (Lipinski definition) is 1. The lowest BCUT2D eigenvalue weighted by atomic mass is 9.94. The van der Waals surface area contributed by atoms with E-state index in [1.165, 1.54) is 59.5 Å². The lowest BCUT2D eigenvalue weighted by Crippen LogP contribution is -2.55. The average molecular weight is 660 g/mol. The summed E-state index contributed by atoms with van der Waals surface area (Å²) in [6.07, 6.45) is 4.87. The molecule has 1 N–H and O–H groups in total. The van der Waals surface area contributed by atoms with Crippen LogP contribution >= 0.6 is 0 Å². The van der Waals surface area contributed by atoms with Gasteiger partial charge in [-0.3, -0.25) is 13.9 Å². The summed E-state index contributed by atoms with van der Waals surface area (Å²) in [5.74, 6) is -2.36. The van der Waals surface area contributed by atoms with Crippen molar-refractivity contribution in [1.29, 1.82) is 0 Å². The number of anilines is 1. The van der Waals surface area contributed by atoms with E-state index in [0.29, 0.717) is 5.56 Å². The van der Waals surface area contributed by atoms with E-state index < -0.39 is 40.2 Å². The van der Waals surface area contributed by atoms with Gasteiger partial charge in [0.05, 0.1) is 10.6 Å². The molecule has 1 aliphatic rings. The number of sulfonamides is 1. The van der Waals surface area contributed by atoms with Crippen LogP contribution in [-0.4, -0.2) is 43.8 Å². The van der Waals surface area contributed by atoms with Crippen LogP contribution in [-0.2, 0) is 32.6 Å². The number of benzene rings is 4. The van der Waals surface area contributed by atoms with Gasteiger partial charge in [-0.25, -0.2) is 17.2 Å². The predicted molar refractivity (Wildman–Crippen MR) is 178 cm³/mol. The molecule has 1 aliphatic carbocycles. The Labute approximate surface area is 275 Å². The summed E-state index contributed by atoms with van der Waals surface area (Å²) in [5, 5.41) is 3.14. The van der Waals surface area contributed by atoms with Gasteiger partial charge in [0.15, 0.2) is 0 Å². The molecule has 0 aliphatic heterocycles. The summed E-state index contributed by atoms with van der Waals surface area (Å²) in [5.41, 5.74) is 1.87. The van der Waals surface area contributed by atoms with Crippen molar-refractivity contribution in [2.24, 2.45) is 0 Å². The number of aryl methyl sites for hydroxylation is 1. The molecule has 2 amide bonds. The van der Waals surface area contributed by atoms with Gasteiger partial charge >= 0.3 is 0 Å². The number of nitrogens with one attached hydrogen (secondary N) is 1. The van der Waals surface area contributed by atoms with Gasteiger partial charge in [-0.05, 0) is 67.3 Å². The maximum atomic E-state index is 15.3. The number of amides is 2. The number of carbonyl (C=O) groups excluding carboxylic acids is 2. The highest BCUT2D eigenvalue weighted by atomic mass is 32.2. The van der Waals surface area contributed by atoms with E-state index in [2.05, 4.69) is 5.32 Å². The molecule has 0 spiro atoms. The summed E-state index contributed by atoms with van der Waals surface area (Å²) in [6.45, 7) is 0.928. The van der Waals surface area contributed by atoms with E-state index in [1.54, 1.807) is 12.1 Å². The third kappa shape index (κ3) is 8.62. The van der Waals surface area contributed by atoms with Crippen molar-refractivity contribution in [2.45, 2.75) is 69.0 Å². The van der Waals surface area contributed by atoms with Crippen LogP contribution in [0.15, 0.2) is 108 Å². The Bertz CT molecular complexity index is 1760. The highest BCUT2D eigenvalue weighted by Gasteiger charge is 2.36. The molecule has 0 saturated heterocycles. The summed E-state index contributed by atoms with van der Waals surface area (Å²) >= 11 is 0. The first-order valence-electron chi connectivity index (χ1n) is 15.8. The Kier molecular flexibility index (Phi) is 11.0. The van der Waals surface area contributed by atoms with Crippen LogP contribution < -0.4 is 9.62 Å². The van der Waals surface area contributed by atoms with Crippen LogP contribution in [0.25, 0.3) is 0 Å². The van der Waals surface area contributed by atoms with Gasteiger partial charge in [-0.2, -0.15) is 0 Å². The number of rotatable bonds is 12. The highest BCUT2D eigenvalue weighted by molar-refractivity contribution is 7.92. The maximum absolute atomic E-state index is 15.3. The molecule has 1 atom stereocenters. The molecule has 0 unspecified atom stereocenters. The summed E-state index contributed by atoms with van der Waals surface area (Å²) in [4.78, 5) is 29.8. The monoisotopic (exact) mass is 659 g/mol. The molecule has 0 heterocycles. The number of hydrogen-bond acceptors (Lipinski definition) is 4. The standard InChI is InChI=1S/C37H39F2N3O4S/c1-27-16-22-32(23-17-27)47(45,46)42(34-15-9-8-14-33(34)39)26-36(43)41(25-29-18-20-30(38)21-19-29)35(24-28-10-4-2-5-11-28)37(44)40-31-12-6-3-7-13-31/h2,4-5,8-11,14-23,31,35H,3,6-7,12-13,24-26H2,1H3,(H,40,44)/t35-/m0/s1. The molecular weight excluding hydrogens is 620 g/mol. The minimum atomic E-state index is -4.43. The zero-order valence-electron chi connectivity index (χ0n) is 26.3. The SMILES string of the molecule is Cc1ccc(S(=O)(=O)N(CC(=O)N(Cc2ccc(F)cc2)[C@@H](Cc2ccccc2)C(=O)NC2CCCCC2)c2ccccc2F)cc1. The van der Waals surface area contributed by atoms with Gasteiger partial charge in [0.25, 0.3) is 10.0 Å². The van der Waals surface area contributed by atoms with Gasteiger partial charge in [0.2, 0.25) is 11.8 Å². The van der Waals surface area contributed by atoms with Crippen molar-refractivity contribution in [3.8, 4) is 0 Å². The van der Waals surface area contributed by atoms with Gasteiger partial charge < -0.3 is 10.2 Å². The lowest BCUT2D eigenvalue weighted by Gasteiger charge is -2.35. The Balaban J connectivity index is 1.56. The van der Waals surface area contributed by atoms with E-state index in [4.69, 9.17) is 0 Å². The van der Waals surface area contributed by atoms with E-state index in [9.17, 15) is 22.4 Å². The second-order valence-corrected chi connectivity index (χ2v) is 13.8. The first kappa shape index (κ1) is 33.8. The number of nitrogens with zero attached hydrogens (tertiary/aromatic N) is 2. The molecule has 0 aromatic heterocycles. The fourth-order valence-electron chi connectivity index (χ4n) is 5.89. The van der Waals surface area contributed by atoms with Gasteiger partial charge in [0, 0.05) is 19.0 Å². The van der Waals surface area contributed by atoms with Gasteiger partial charge in [-0.15, -0.1) is 0 Å². The first-order chi connectivity index (χ1) is 22.6. The molecule has 10 heteroatoms. The van der Waals surface area contributed by atoms with E-state index >= 15 is 4.39 Å². The fraction of sp³-hybridized carbons (Fsp3) is 0.297. The summed E-state index contributed by atoms with van der Waals surface area (Å²) in [6, 6.07) is 25.2. The Morgan fingerprint density at radius 1 is 0.809 bits per heavy atom. The maximum Gasteiger partial charge on any atom is 0.264 e. The zero-order valence-corrected chi connectivity index (χ0v) is 27.1. The molecule has 4 aromatic carbocycles. The number of halogens is 2. The van der Waals surface area contributed by atoms with Crippen LogP contribution in [0, 0.1) is 18.6 Å². The van der Waals surface area contributed by atoms with Crippen molar-refractivity contribution < 1.29 is 26.8 Å². The topological polar surface area (TPSA) is 86.8 Å². The first-order valence-corrected chi connectivity index (χ1v) is 17.3. The molecule has 1 fully saturated rings. The van der Waals surface area contributed by atoms with E-state index in [-0.39, 0.29) is 35.5 Å². The zero-order chi connectivity index (χ0) is 33.4. The molecule has 4 aromatic rings. The summed E-state index contributed by atoms with van der Waals surface area (Å²) in [7, 11) is -4.43. The third-order valence-corrected chi connectivity index (χ3v) is 10.3. The molecule has 246 valence electrons. The second kappa shape index (κ2) is 15.3. The molecular formula is C37H39F2N3O4S. The smallest absolute Gasteiger partial charge is 0.264 e. The third-order valence-electron chi connectivity index (χ3n) is 8.50.